The number of anilines is 3. The van der Waals surface area contributed by atoms with Gasteiger partial charge in [0, 0.05) is 24.1 Å². The predicted molar refractivity (Wildman–Crippen MR) is 138 cm³/mol. The zero-order valence-corrected chi connectivity index (χ0v) is 21.4. The molecule has 13 heteroatoms. The third kappa shape index (κ3) is 5.73. The van der Waals surface area contributed by atoms with Crippen LogP contribution in [0.15, 0.2) is 18.3 Å². The Labute approximate surface area is 222 Å². The highest BCUT2D eigenvalue weighted by Crippen LogP contribution is 2.39. The maximum absolute atomic E-state index is 14.8. The van der Waals surface area contributed by atoms with E-state index in [4.69, 9.17) is 33.7 Å². The molecule has 198 valence electrons. The second kappa shape index (κ2) is 10.9. The van der Waals surface area contributed by atoms with Gasteiger partial charge in [0.15, 0.2) is 5.65 Å². The molecule has 9 nitrogen and oxygen atoms in total. The quantitative estimate of drug-likeness (QED) is 0.369. The number of halogens is 4. The molecule has 2 aromatic heterocycles. The number of carbonyl (C=O) groups excluding carboxylic acids is 1. The Morgan fingerprint density at radius 1 is 1.19 bits per heavy atom. The Hall–Kier alpha value is -2.76. The first-order chi connectivity index (χ1) is 17.8. The molecule has 5 rings (SSSR count). The number of hydrogen-bond donors (Lipinski definition) is 3. The molecular formula is C24H27Cl2F2N7O2. The first-order valence-corrected chi connectivity index (χ1v) is 13.0. The highest BCUT2D eigenvalue weighted by atomic mass is 35.5. The summed E-state index contributed by atoms with van der Waals surface area (Å²) in [6, 6.07) is 2.11. The third-order valence-corrected chi connectivity index (χ3v) is 7.47. The molecule has 1 aliphatic carbocycles. The van der Waals surface area contributed by atoms with Crippen molar-refractivity contribution in [3.05, 3.63) is 34.2 Å². The van der Waals surface area contributed by atoms with Crippen LogP contribution in [0, 0.1) is 11.7 Å². The van der Waals surface area contributed by atoms with Crippen LogP contribution in [-0.4, -0.2) is 50.9 Å². The summed E-state index contributed by atoms with van der Waals surface area (Å²) in [6.45, 7) is 0.474. The van der Waals surface area contributed by atoms with Gasteiger partial charge in [0.25, 0.3) is 0 Å². The molecular weight excluding hydrogens is 527 g/mol. The van der Waals surface area contributed by atoms with E-state index in [1.54, 1.807) is 6.20 Å². The predicted octanol–water partition coefficient (Wildman–Crippen LogP) is 5.16. The molecule has 4 N–H and O–H groups in total. The van der Waals surface area contributed by atoms with Crippen molar-refractivity contribution in [1.29, 1.82) is 0 Å². The van der Waals surface area contributed by atoms with E-state index in [0.29, 0.717) is 36.6 Å². The topological polar surface area (TPSA) is 120 Å². The number of carbonyl (C=O) groups is 1. The molecule has 0 unspecified atom stereocenters. The Balaban J connectivity index is 1.50. The van der Waals surface area contributed by atoms with Gasteiger partial charge in [-0.1, -0.05) is 23.2 Å². The molecule has 2 fully saturated rings. The van der Waals surface area contributed by atoms with Crippen LogP contribution in [0.4, 0.5) is 26.4 Å². The molecule has 37 heavy (non-hydrogen) atoms. The van der Waals surface area contributed by atoms with Gasteiger partial charge in [-0.05, 0) is 50.2 Å². The lowest BCUT2D eigenvalue weighted by Crippen LogP contribution is -2.39. The lowest BCUT2D eigenvalue weighted by Gasteiger charge is -2.30. The fraction of sp³-hybridized carbons (Fsp3) is 0.500. The smallest absolute Gasteiger partial charge is 0.225 e. The van der Waals surface area contributed by atoms with E-state index in [1.807, 2.05) is 4.57 Å². The van der Waals surface area contributed by atoms with E-state index >= 15 is 0 Å². The van der Waals surface area contributed by atoms with Crippen LogP contribution < -0.4 is 16.4 Å². The number of ether oxygens (including phenoxy) is 1. The normalized spacial score (nSPS) is 24.2. The molecule has 1 saturated carbocycles. The van der Waals surface area contributed by atoms with Crippen molar-refractivity contribution in [3.8, 4) is 0 Å². The van der Waals surface area contributed by atoms with E-state index < -0.39 is 18.0 Å². The van der Waals surface area contributed by atoms with Gasteiger partial charge in [-0.25, -0.2) is 18.7 Å². The average molecular weight is 554 g/mol. The van der Waals surface area contributed by atoms with Crippen molar-refractivity contribution in [1.82, 2.24) is 19.5 Å². The van der Waals surface area contributed by atoms with Gasteiger partial charge in [-0.2, -0.15) is 4.98 Å². The highest BCUT2D eigenvalue weighted by Gasteiger charge is 2.29. The standard InChI is InChI=1S/C24H27Cl2F2N7O2/c25-13-8-15(26)21(16(27)9-13)33-24-32-19-10-30-23(31-18-5-6-37-11-17(18)28)34-22(19)35(24)14-3-1-12(2-4-14)7-20(29)36/h8-10,12,14,17-18H,1-7,11H2,(H2,29,36)(H,32,33)(H,30,31,34)/t12-,14+,17-,18+/m1/s1. The summed E-state index contributed by atoms with van der Waals surface area (Å²) in [5.41, 5.74) is 6.45. The first kappa shape index (κ1) is 25.9. The number of hydrogen-bond acceptors (Lipinski definition) is 7. The van der Waals surface area contributed by atoms with E-state index in [2.05, 4.69) is 25.6 Å². The molecule has 1 aliphatic heterocycles. The van der Waals surface area contributed by atoms with E-state index in [0.717, 1.165) is 25.7 Å². The summed E-state index contributed by atoms with van der Waals surface area (Å²) in [4.78, 5) is 25.0. The van der Waals surface area contributed by atoms with Gasteiger partial charge in [-0.15, -0.1) is 0 Å². The van der Waals surface area contributed by atoms with Crippen molar-refractivity contribution < 1.29 is 18.3 Å². The second-order valence-electron chi connectivity index (χ2n) is 9.55. The lowest BCUT2D eigenvalue weighted by molar-refractivity contribution is -0.119. The van der Waals surface area contributed by atoms with Crippen molar-refractivity contribution in [3.63, 3.8) is 0 Å². The van der Waals surface area contributed by atoms with Crippen molar-refractivity contribution >= 4 is 57.9 Å². The van der Waals surface area contributed by atoms with E-state index in [1.165, 1.54) is 12.1 Å². The van der Waals surface area contributed by atoms with Gasteiger partial charge in [0.2, 0.25) is 17.8 Å². The molecule has 0 radical (unpaired) electrons. The van der Waals surface area contributed by atoms with Gasteiger partial charge in [0.05, 0.1) is 29.6 Å². The van der Waals surface area contributed by atoms with Gasteiger partial charge in [0.1, 0.15) is 17.5 Å². The summed E-state index contributed by atoms with van der Waals surface area (Å²) >= 11 is 12.2. The van der Waals surface area contributed by atoms with Crippen LogP contribution in [0.5, 0.6) is 0 Å². The molecule has 2 aliphatic rings. The number of fused-ring (bicyclic) bond motifs is 1. The number of nitrogens with two attached hydrogens (primary N) is 1. The molecule has 1 aromatic carbocycles. The minimum Gasteiger partial charge on any atom is -0.378 e. The fourth-order valence-corrected chi connectivity index (χ4v) is 5.61. The number of nitrogens with one attached hydrogen (secondary N) is 2. The molecule has 0 spiro atoms. The number of primary amides is 1. The van der Waals surface area contributed by atoms with Crippen LogP contribution in [0.2, 0.25) is 10.0 Å². The molecule has 2 atom stereocenters. The number of amides is 1. The monoisotopic (exact) mass is 553 g/mol. The van der Waals surface area contributed by atoms with Crippen molar-refractivity contribution in [2.24, 2.45) is 11.7 Å². The fourth-order valence-electron chi connectivity index (χ4n) is 5.09. The van der Waals surface area contributed by atoms with Gasteiger partial charge in [-0.3, -0.25) is 9.36 Å². The molecule has 1 amide bonds. The van der Waals surface area contributed by atoms with Crippen LogP contribution >= 0.6 is 23.2 Å². The number of imidazole rings is 1. The molecule has 0 bridgehead atoms. The van der Waals surface area contributed by atoms with Crippen molar-refractivity contribution in [2.45, 2.75) is 56.8 Å². The lowest BCUT2D eigenvalue weighted by atomic mass is 9.84. The van der Waals surface area contributed by atoms with Crippen LogP contribution in [0.3, 0.4) is 0 Å². The van der Waals surface area contributed by atoms with E-state index in [-0.39, 0.29) is 46.2 Å². The molecule has 3 aromatic rings. The Bertz CT molecular complexity index is 1280. The number of benzene rings is 1. The number of nitrogens with zero attached hydrogens (tertiary/aromatic N) is 4. The largest absolute Gasteiger partial charge is 0.378 e. The number of alkyl halides is 1. The molecule has 3 heterocycles. The number of rotatable bonds is 7. The maximum atomic E-state index is 14.8. The SMILES string of the molecule is NC(=O)C[C@H]1CC[C@@H](n2c(Nc3c(F)cc(Cl)cc3Cl)nc3cnc(N[C@H]4CCOC[C@H]4F)nc32)CC1. The number of aromatic nitrogens is 4. The van der Waals surface area contributed by atoms with Crippen LogP contribution in [0.1, 0.15) is 44.6 Å². The summed E-state index contributed by atoms with van der Waals surface area (Å²) < 4.78 is 36.2. The van der Waals surface area contributed by atoms with Gasteiger partial charge < -0.3 is 21.1 Å². The zero-order chi connectivity index (χ0) is 26.1. The highest BCUT2D eigenvalue weighted by molar-refractivity contribution is 6.36. The Morgan fingerprint density at radius 3 is 2.68 bits per heavy atom. The minimum atomic E-state index is -1.18. The van der Waals surface area contributed by atoms with Crippen LogP contribution in [-0.2, 0) is 9.53 Å². The third-order valence-electron chi connectivity index (χ3n) is 6.95. The van der Waals surface area contributed by atoms with E-state index in [9.17, 15) is 13.6 Å². The van der Waals surface area contributed by atoms with Gasteiger partial charge >= 0.3 is 0 Å². The zero-order valence-electron chi connectivity index (χ0n) is 19.9. The summed E-state index contributed by atoms with van der Waals surface area (Å²) in [6.07, 6.45) is 4.30. The minimum absolute atomic E-state index is 0.0217. The average Bonchev–Trinajstić information content (AvgIpc) is 3.20. The second-order valence-corrected chi connectivity index (χ2v) is 10.4. The first-order valence-electron chi connectivity index (χ1n) is 12.2. The van der Waals surface area contributed by atoms with Crippen molar-refractivity contribution in [2.75, 3.05) is 23.8 Å². The Kier molecular flexibility index (Phi) is 7.64. The molecule has 1 saturated heterocycles. The van der Waals surface area contributed by atoms with Crippen LogP contribution in [0.25, 0.3) is 11.2 Å². The summed E-state index contributed by atoms with van der Waals surface area (Å²) in [7, 11) is 0. The maximum Gasteiger partial charge on any atom is 0.225 e. The summed E-state index contributed by atoms with van der Waals surface area (Å²) in [5, 5.41) is 6.38. The summed E-state index contributed by atoms with van der Waals surface area (Å²) in [5.74, 6) is -0.104. The Morgan fingerprint density at radius 2 is 1.97 bits per heavy atom.